The van der Waals surface area contributed by atoms with Crippen LogP contribution in [-0.2, 0) is 35.5 Å². The van der Waals surface area contributed by atoms with Gasteiger partial charge in [-0.15, -0.1) is 0 Å². The third kappa shape index (κ3) is 3.41. The smallest absolute Gasteiger partial charge is 0.446 e. The van der Waals surface area contributed by atoms with E-state index in [1.807, 2.05) is 0 Å². The van der Waals surface area contributed by atoms with Crippen molar-refractivity contribution in [1.82, 2.24) is 4.90 Å². The summed E-state index contributed by atoms with van der Waals surface area (Å²) in [5.74, 6) is -5.57. The van der Waals surface area contributed by atoms with Crippen LogP contribution in [-0.4, -0.2) is 77.1 Å². The molecule has 1 saturated carbocycles. The summed E-state index contributed by atoms with van der Waals surface area (Å²) in [6.07, 6.45) is -1.97. The van der Waals surface area contributed by atoms with Crippen LogP contribution in [0.15, 0.2) is 24.3 Å². The normalized spacial score (nSPS) is 29.4. The molecule has 0 unspecified atom stereocenters. The van der Waals surface area contributed by atoms with Gasteiger partial charge in [0.05, 0.1) is 11.7 Å². The maximum atomic E-state index is 14.0. The Morgan fingerprint density at radius 3 is 2.38 bits per heavy atom. The number of phenolic OH excluding ortho intramolecular Hbond substituents is 1. The van der Waals surface area contributed by atoms with Crippen molar-refractivity contribution in [2.45, 2.75) is 31.4 Å². The molecule has 4 N–H and O–H groups in total. The van der Waals surface area contributed by atoms with E-state index in [1.165, 1.54) is 12.1 Å². The summed E-state index contributed by atoms with van der Waals surface area (Å²) < 4.78 is 68.4. The number of rotatable bonds is 5. The molecular formula is C22H21NO12S2. The van der Waals surface area contributed by atoms with Gasteiger partial charge >= 0.3 is 10.4 Å². The number of aromatic hydroxyl groups is 1. The van der Waals surface area contributed by atoms with Crippen molar-refractivity contribution < 1.29 is 54.7 Å². The van der Waals surface area contributed by atoms with Crippen LogP contribution >= 0.6 is 0 Å². The zero-order valence-electron chi connectivity index (χ0n) is 19.1. The fourth-order valence-electron chi connectivity index (χ4n) is 6.27. The van der Waals surface area contributed by atoms with Crippen LogP contribution in [0.3, 0.4) is 0 Å². The molecule has 2 fully saturated rings. The average molecular weight is 556 g/mol. The number of hydrogen-bond acceptors (Lipinski definition) is 10. The molecule has 5 rings (SSSR count). The number of nitrogens with zero attached hydrogens (tertiary/aromatic N) is 1. The molecule has 15 heteroatoms. The summed E-state index contributed by atoms with van der Waals surface area (Å²) >= 11 is 0. The fourth-order valence-corrected chi connectivity index (χ4v) is 7.07. The van der Waals surface area contributed by atoms with Crippen LogP contribution < -0.4 is 4.18 Å². The Labute approximate surface area is 210 Å². The highest BCUT2D eigenvalue weighted by molar-refractivity contribution is 7.85. The molecule has 1 amide bonds. The van der Waals surface area contributed by atoms with Gasteiger partial charge in [-0.3, -0.25) is 23.5 Å². The number of hydrogen-bond donors (Lipinski definition) is 4. The molecule has 1 spiro atoms. The van der Waals surface area contributed by atoms with E-state index in [-0.39, 0.29) is 46.2 Å². The van der Waals surface area contributed by atoms with Gasteiger partial charge in [0, 0.05) is 34.7 Å². The van der Waals surface area contributed by atoms with Crippen molar-refractivity contribution in [3.8, 4) is 11.5 Å². The second-order valence-corrected chi connectivity index (χ2v) is 12.2. The van der Waals surface area contributed by atoms with Crippen LogP contribution in [0.1, 0.15) is 35.7 Å². The van der Waals surface area contributed by atoms with Gasteiger partial charge < -0.3 is 19.3 Å². The van der Waals surface area contributed by atoms with E-state index in [1.54, 1.807) is 6.92 Å². The average Bonchev–Trinajstić information content (AvgIpc) is 3.13. The topological polar surface area (TPSA) is 213 Å². The van der Waals surface area contributed by atoms with E-state index in [4.69, 9.17) is 4.55 Å². The van der Waals surface area contributed by atoms with Gasteiger partial charge in [-0.25, -0.2) is 0 Å². The first-order valence-electron chi connectivity index (χ1n) is 11.0. The first-order valence-corrected chi connectivity index (χ1v) is 14.0. The molecule has 2 aromatic carbocycles. The van der Waals surface area contributed by atoms with Gasteiger partial charge in [-0.05, 0) is 36.2 Å². The maximum absolute atomic E-state index is 14.0. The summed E-state index contributed by atoms with van der Waals surface area (Å²) in [5.41, 5.74) is -3.37. The Bertz CT molecular complexity index is 1630. The minimum Gasteiger partial charge on any atom is -0.507 e. The van der Waals surface area contributed by atoms with Crippen LogP contribution in [0.4, 0.5) is 0 Å². The number of carbonyl (C=O) groups is 3. The van der Waals surface area contributed by atoms with E-state index in [0.29, 0.717) is 4.90 Å². The largest absolute Gasteiger partial charge is 0.507 e. The predicted molar refractivity (Wildman–Crippen MR) is 124 cm³/mol. The standard InChI is InChI=1S/C22H21NO12S2/c1-21-5-4-15(25)17-19(27)23(6-7-36(29,30)31)20(28)22(17,21)18(26)12-8-10-11(9-13(12)21)16(3-2-14(10)24)35-37(32,33)34/h2-3,8-9,17,19,24,27H,4-7H2,1H3,(H,29,30,31)(H,32,33,34)/t17-,19+,21-,22+/m0/s1. The number of fused-ring (bicyclic) bond motifs is 3. The maximum Gasteiger partial charge on any atom is 0.446 e. The molecule has 2 aromatic rings. The molecule has 4 atom stereocenters. The van der Waals surface area contributed by atoms with E-state index in [0.717, 1.165) is 12.1 Å². The molecule has 13 nitrogen and oxygen atoms in total. The van der Waals surface area contributed by atoms with Crippen LogP contribution in [0.2, 0.25) is 0 Å². The van der Waals surface area contributed by atoms with Crippen LogP contribution in [0.5, 0.6) is 11.5 Å². The van der Waals surface area contributed by atoms with E-state index < -0.39 is 73.3 Å². The van der Waals surface area contributed by atoms with Crippen LogP contribution in [0, 0.1) is 11.3 Å². The van der Waals surface area contributed by atoms with Crippen molar-refractivity contribution in [1.29, 1.82) is 0 Å². The monoisotopic (exact) mass is 555 g/mol. The van der Waals surface area contributed by atoms with Gasteiger partial charge in [0.25, 0.3) is 10.1 Å². The second-order valence-electron chi connectivity index (χ2n) is 9.65. The number of benzene rings is 2. The molecule has 2 aliphatic carbocycles. The molecule has 0 radical (unpaired) electrons. The van der Waals surface area contributed by atoms with Crippen molar-refractivity contribution in [3.05, 3.63) is 35.4 Å². The minimum absolute atomic E-state index is 0.00914. The summed E-state index contributed by atoms with van der Waals surface area (Å²) in [7, 11) is -9.51. The van der Waals surface area contributed by atoms with E-state index >= 15 is 0 Å². The highest BCUT2D eigenvalue weighted by Gasteiger charge is 2.77. The molecule has 1 aliphatic heterocycles. The number of Topliss-reactive ketones (excluding diaryl/α,β-unsaturated/α-hetero) is 2. The number of carbonyl (C=O) groups excluding carboxylic acids is 3. The lowest BCUT2D eigenvalue weighted by Gasteiger charge is -2.45. The Balaban J connectivity index is 1.75. The van der Waals surface area contributed by atoms with E-state index in [9.17, 15) is 46.0 Å². The van der Waals surface area contributed by atoms with Crippen LogP contribution in [0.25, 0.3) is 10.8 Å². The van der Waals surface area contributed by atoms with Crippen molar-refractivity contribution in [3.63, 3.8) is 0 Å². The Hall–Kier alpha value is -3.11. The number of phenols is 1. The molecule has 3 aliphatic rings. The van der Waals surface area contributed by atoms with Gasteiger partial charge in [-0.1, -0.05) is 6.92 Å². The molecule has 1 heterocycles. The quantitative estimate of drug-likeness (QED) is 0.288. The summed E-state index contributed by atoms with van der Waals surface area (Å²) in [6.45, 7) is 0.879. The third-order valence-corrected chi connectivity index (χ3v) is 8.93. The lowest BCUT2D eigenvalue weighted by molar-refractivity contribution is -0.143. The Kier molecular flexibility index (Phi) is 5.32. The molecule has 0 bridgehead atoms. The second kappa shape index (κ2) is 7.70. The third-order valence-electron chi connectivity index (χ3n) is 7.84. The minimum atomic E-state index is -4.97. The molecule has 0 aromatic heterocycles. The summed E-state index contributed by atoms with van der Waals surface area (Å²) in [6, 6.07) is 4.72. The Morgan fingerprint density at radius 2 is 1.76 bits per heavy atom. The fraction of sp³-hybridized carbons (Fsp3) is 0.409. The lowest BCUT2D eigenvalue weighted by atomic mass is 9.52. The van der Waals surface area contributed by atoms with Gasteiger partial charge in [0.2, 0.25) is 5.91 Å². The number of aliphatic hydroxyl groups is 1. The van der Waals surface area contributed by atoms with Gasteiger partial charge in [-0.2, -0.15) is 16.8 Å². The number of ketones is 2. The van der Waals surface area contributed by atoms with Crippen molar-refractivity contribution >= 4 is 48.8 Å². The van der Waals surface area contributed by atoms with Gasteiger partial charge in [0.15, 0.2) is 11.5 Å². The number of aliphatic hydroxyl groups excluding tert-OH is 1. The Morgan fingerprint density at radius 1 is 1.08 bits per heavy atom. The first kappa shape index (κ1) is 25.5. The number of likely N-dealkylation sites (tertiary alicyclic amines) is 1. The summed E-state index contributed by atoms with van der Waals surface area (Å²) in [5, 5.41) is 21.3. The molecular weight excluding hydrogens is 534 g/mol. The van der Waals surface area contributed by atoms with E-state index in [2.05, 4.69) is 4.18 Å². The highest BCUT2D eigenvalue weighted by Crippen LogP contribution is 2.65. The summed E-state index contributed by atoms with van der Waals surface area (Å²) in [4.78, 5) is 41.6. The molecule has 198 valence electrons. The lowest BCUT2D eigenvalue weighted by Crippen LogP contribution is -2.58. The number of amides is 1. The first-order chi connectivity index (χ1) is 17.0. The van der Waals surface area contributed by atoms with Crippen molar-refractivity contribution in [2.24, 2.45) is 11.3 Å². The zero-order chi connectivity index (χ0) is 27.3. The zero-order valence-corrected chi connectivity index (χ0v) is 20.7. The van der Waals surface area contributed by atoms with Crippen molar-refractivity contribution in [2.75, 3.05) is 12.3 Å². The SMILES string of the molecule is C[C@@]12CCC(=O)[C@H]3[C@@H](O)N(CCS(=O)(=O)O)C(=O)[C@]31C(=O)c1cc3c(O)ccc(OS(=O)(=O)O)c3cc12. The molecule has 1 saturated heterocycles. The predicted octanol–water partition coefficient (Wildman–Crippen LogP) is 0.195. The van der Waals surface area contributed by atoms with Gasteiger partial charge in [0.1, 0.15) is 23.2 Å². The molecule has 37 heavy (non-hydrogen) atoms. The highest BCUT2D eigenvalue weighted by atomic mass is 32.3.